The molecule has 0 saturated carbocycles. The molecule has 0 aliphatic rings. The number of rotatable bonds is 4. The van der Waals surface area contributed by atoms with E-state index in [0.29, 0.717) is 6.42 Å². The van der Waals surface area contributed by atoms with Crippen LogP contribution in [0.2, 0.25) is 0 Å². The number of aliphatic hydroxyl groups excluding tert-OH is 1. The van der Waals surface area contributed by atoms with E-state index in [4.69, 9.17) is 0 Å². The van der Waals surface area contributed by atoms with Gasteiger partial charge in [0.1, 0.15) is 0 Å². The average molecular weight is 287 g/mol. The Balaban J connectivity index is 1.86. The van der Waals surface area contributed by atoms with E-state index in [1.807, 2.05) is 35.2 Å². The Bertz CT molecular complexity index is 732. The van der Waals surface area contributed by atoms with E-state index in [-0.39, 0.29) is 0 Å². The molecule has 0 saturated heterocycles. The summed E-state index contributed by atoms with van der Waals surface area (Å²) >= 11 is 1.65. The third kappa shape index (κ3) is 2.46. The maximum atomic E-state index is 10.4. The van der Waals surface area contributed by atoms with E-state index in [1.54, 1.807) is 17.5 Å². The van der Waals surface area contributed by atoms with Crippen molar-refractivity contribution in [2.24, 2.45) is 0 Å². The standard InChI is InChI=1S/C15H17N3OS/c1-3-18-12(6-10(2)17-18)8-14(19)11-7-15-13(16-9-11)4-5-20-15/h4-7,9,14,19H,3,8H2,1-2H3. The van der Waals surface area contributed by atoms with Gasteiger partial charge in [0, 0.05) is 30.4 Å². The van der Waals surface area contributed by atoms with Crippen LogP contribution in [0.5, 0.6) is 0 Å². The zero-order valence-electron chi connectivity index (χ0n) is 11.6. The monoisotopic (exact) mass is 287 g/mol. The summed E-state index contributed by atoms with van der Waals surface area (Å²) in [6.07, 6.45) is 1.78. The van der Waals surface area contributed by atoms with E-state index in [9.17, 15) is 5.11 Å². The minimum Gasteiger partial charge on any atom is -0.388 e. The van der Waals surface area contributed by atoms with Crippen LogP contribution < -0.4 is 0 Å². The Kier molecular flexibility index (Phi) is 3.54. The molecule has 0 amide bonds. The highest BCUT2D eigenvalue weighted by Gasteiger charge is 2.14. The number of aliphatic hydroxyl groups is 1. The summed E-state index contributed by atoms with van der Waals surface area (Å²) in [5.41, 5.74) is 3.89. The van der Waals surface area contributed by atoms with Crippen molar-refractivity contribution < 1.29 is 5.11 Å². The maximum absolute atomic E-state index is 10.4. The molecule has 1 atom stereocenters. The molecule has 3 heterocycles. The van der Waals surface area contributed by atoms with Crippen LogP contribution in [0.25, 0.3) is 10.2 Å². The number of hydrogen-bond acceptors (Lipinski definition) is 4. The lowest BCUT2D eigenvalue weighted by Crippen LogP contribution is -2.08. The summed E-state index contributed by atoms with van der Waals surface area (Å²) in [4.78, 5) is 4.38. The van der Waals surface area contributed by atoms with Crippen LogP contribution in [0.1, 0.15) is 30.0 Å². The predicted octanol–water partition coefficient (Wildman–Crippen LogP) is 3.10. The first kappa shape index (κ1) is 13.3. The molecule has 0 fully saturated rings. The number of thiophene rings is 1. The van der Waals surface area contributed by atoms with Gasteiger partial charge in [-0.1, -0.05) is 0 Å². The molecule has 3 rings (SSSR count). The molecule has 104 valence electrons. The first-order valence-electron chi connectivity index (χ1n) is 6.72. The molecule has 0 aliphatic carbocycles. The number of hydrogen-bond donors (Lipinski definition) is 1. The second-order valence-corrected chi connectivity index (χ2v) is 5.83. The summed E-state index contributed by atoms with van der Waals surface area (Å²) in [5, 5.41) is 16.9. The van der Waals surface area contributed by atoms with Gasteiger partial charge in [-0.2, -0.15) is 5.10 Å². The van der Waals surface area contributed by atoms with Crippen molar-refractivity contribution in [1.29, 1.82) is 0 Å². The Morgan fingerprint density at radius 2 is 2.25 bits per heavy atom. The minimum absolute atomic E-state index is 0.546. The van der Waals surface area contributed by atoms with Crippen molar-refractivity contribution in [3.63, 3.8) is 0 Å². The van der Waals surface area contributed by atoms with Gasteiger partial charge in [0.2, 0.25) is 0 Å². The molecule has 3 aromatic rings. The summed E-state index contributed by atoms with van der Waals surface area (Å²) in [5.74, 6) is 0. The van der Waals surface area contributed by atoms with Crippen molar-refractivity contribution in [2.45, 2.75) is 32.9 Å². The lowest BCUT2D eigenvalue weighted by atomic mass is 10.1. The topological polar surface area (TPSA) is 50.9 Å². The zero-order chi connectivity index (χ0) is 14.1. The van der Waals surface area contributed by atoms with Crippen LogP contribution in [-0.4, -0.2) is 19.9 Å². The molecule has 5 heteroatoms. The molecular formula is C15H17N3OS. The minimum atomic E-state index is -0.546. The van der Waals surface area contributed by atoms with Crippen molar-refractivity contribution in [2.75, 3.05) is 0 Å². The Morgan fingerprint density at radius 3 is 3.05 bits per heavy atom. The SMILES string of the molecule is CCn1nc(C)cc1CC(O)c1cnc2ccsc2c1. The van der Waals surface area contributed by atoms with Crippen molar-refractivity contribution in [3.8, 4) is 0 Å². The van der Waals surface area contributed by atoms with Crippen molar-refractivity contribution in [3.05, 3.63) is 46.7 Å². The fourth-order valence-electron chi connectivity index (χ4n) is 2.40. The highest BCUT2D eigenvalue weighted by atomic mass is 32.1. The highest BCUT2D eigenvalue weighted by Crippen LogP contribution is 2.24. The van der Waals surface area contributed by atoms with Gasteiger partial charge in [-0.15, -0.1) is 11.3 Å². The molecule has 0 aliphatic heterocycles. The summed E-state index contributed by atoms with van der Waals surface area (Å²) in [7, 11) is 0. The molecule has 1 N–H and O–H groups in total. The number of pyridine rings is 1. The van der Waals surface area contributed by atoms with Crippen LogP contribution in [0, 0.1) is 6.92 Å². The summed E-state index contributed by atoms with van der Waals surface area (Å²) < 4.78 is 3.05. The first-order valence-corrected chi connectivity index (χ1v) is 7.60. The number of aryl methyl sites for hydroxylation is 2. The number of nitrogens with zero attached hydrogens (tertiary/aromatic N) is 3. The quantitative estimate of drug-likeness (QED) is 0.802. The fraction of sp³-hybridized carbons (Fsp3) is 0.333. The number of fused-ring (bicyclic) bond motifs is 1. The Morgan fingerprint density at radius 1 is 1.40 bits per heavy atom. The highest BCUT2D eigenvalue weighted by molar-refractivity contribution is 7.17. The third-order valence-electron chi connectivity index (χ3n) is 3.40. The molecule has 3 aromatic heterocycles. The lowest BCUT2D eigenvalue weighted by Gasteiger charge is -2.11. The molecule has 20 heavy (non-hydrogen) atoms. The van der Waals surface area contributed by atoms with Crippen LogP contribution in [0.3, 0.4) is 0 Å². The smallest absolute Gasteiger partial charge is 0.0860 e. The normalized spacial score (nSPS) is 12.9. The van der Waals surface area contributed by atoms with Gasteiger partial charge in [0.15, 0.2) is 0 Å². The van der Waals surface area contributed by atoms with Gasteiger partial charge in [0.25, 0.3) is 0 Å². The second-order valence-electron chi connectivity index (χ2n) is 4.89. The average Bonchev–Trinajstić information content (AvgIpc) is 3.03. The van der Waals surface area contributed by atoms with Crippen LogP contribution in [-0.2, 0) is 13.0 Å². The van der Waals surface area contributed by atoms with Gasteiger partial charge in [-0.25, -0.2) is 0 Å². The van der Waals surface area contributed by atoms with Crippen LogP contribution in [0.4, 0.5) is 0 Å². The van der Waals surface area contributed by atoms with Gasteiger partial charge in [-0.3, -0.25) is 9.67 Å². The van der Waals surface area contributed by atoms with E-state index in [2.05, 4.69) is 17.0 Å². The van der Waals surface area contributed by atoms with Gasteiger partial charge >= 0.3 is 0 Å². The van der Waals surface area contributed by atoms with E-state index < -0.39 is 6.10 Å². The largest absolute Gasteiger partial charge is 0.388 e. The third-order valence-corrected chi connectivity index (χ3v) is 4.25. The first-order chi connectivity index (χ1) is 9.67. The van der Waals surface area contributed by atoms with Gasteiger partial charge < -0.3 is 5.11 Å². The van der Waals surface area contributed by atoms with E-state index in [0.717, 1.165) is 33.7 Å². The molecule has 4 nitrogen and oxygen atoms in total. The van der Waals surface area contributed by atoms with Crippen LogP contribution in [0.15, 0.2) is 29.8 Å². The Hall–Kier alpha value is -1.72. The molecule has 0 radical (unpaired) electrons. The number of aromatic nitrogens is 3. The van der Waals surface area contributed by atoms with E-state index in [1.165, 1.54) is 0 Å². The summed E-state index contributed by atoms with van der Waals surface area (Å²) in [6, 6.07) is 6.05. The molecule has 1 unspecified atom stereocenters. The van der Waals surface area contributed by atoms with E-state index >= 15 is 0 Å². The maximum Gasteiger partial charge on any atom is 0.0860 e. The molecule has 0 bridgehead atoms. The van der Waals surface area contributed by atoms with Gasteiger partial charge in [-0.05, 0) is 37.4 Å². The fourth-order valence-corrected chi connectivity index (χ4v) is 3.19. The van der Waals surface area contributed by atoms with Crippen molar-refractivity contribution >= 4 is 21.6 Å². The second kappa shape index (κ2) is 5.34. The molecule has 0 spiro atoms. The Labute approximate surface area is 121 Å². The summed E-state index contributed by atoms with van der Waals surface area (Å²) in [6.45, 7) is 4.85. The van der Waals surface area contributed by atoms with Crippen LogP contribution >= 0.6 is 11.3 Å². The van der Waals surface area contributed by atoms with Gasteiger partial charge in [0.05, 0.1) is 22.0 Å². The molecule has 0 aromatic carbocycles. The molecular weight excluding hydrogens is 270 g/mol. The zero-order valence-corrected chi connectivity index (χ0v) is 12.4. The van der Waals surface area contributed by atoms with Crippen molar-refractivity contribution in [1.82, 2.24) is 14.8 Å². The lowest BCUT2D eigenvalue weighted by molar-refractivity contribution is 0.175. The predicted molar refractivity (Wildman–Crippen MR) is 80.9 cm³/mol.